The van der Waals surface area contributed by atoms with Crippen molar-refractivity contribution in [3.63, 3.8) is 0 Å². The molecule has 0 saturated carbocycles. The van der Waals surface area contributed by atoms with Crippen molar-refractivity contribution in [2.24, 2.45) is 0 Å². The second-order valence-electron chi connectivity index (χ2n) is 5.77. The van der Waals surface area contributed by atoms with Gasteiger partial charge < -0.3 is 11.2 Å². The smallest absolute Gasteiger partial charge is 0.271 e. The third-order valence-corrected chi connectivity index (χ3v) is 5.51. The van der Waals surface area contributed by atoms with Gasteiger partial charge in [-0.3, -0.25) is 4.79 Å². The number of anilines is 1. The van der Waals surface area contributed by atoms with E-state index in [2.05, 4.69) is 26.7 Å². The van der Waals surface area contributed by atoms with E-state index in [0.29, 0.717) is 22.5 Å². The molecular weight excluding hydrogens is 396 g/mol. The minimum absolute atomic E-state index is 0.115. The number of hydrogen-bond acceptors (Lipinski definition) is 8. The summed E-state index contributed by atoms with van der Waals surface area (Å²) in [6.07, 6.45) is 0. The van der Waals surface area contributed by atoms with E-state index in [1.165, 1.54) is 28.2 Å². The fourth-order valence-electron chi connectivity index (χ4n) is 2.47. The molecule has 0 spiro atoms. The van der Waals surface area contributed by atoms with Crippen LogP contribution in [-0.4, -0.2) is 42.1 Å². The SMILES string of the molecule is Cc1cc(C)n(-c2nnc(SCC(=O)Nc3ccccc3SCC#N)n2N)n1. The van der Waals surface area contributed by atoms with Crippen molar-refractivity contribution in [1.29, 1.82) is 5.26 Å². The average Bonchev–Trinajstić information content (AvgIpc) is 3.20. The number of nitrogens with two attached hydrogens (primary N) is 1. The molecule has 3 rings (SSSR count). The molecule has 0 bridgehead atoms. The second-order valence-corrected chi connectivity index (χ2v) is 7.73. The largest absolute Gasteiger partial charge is 0.334 e. The van der Waals surface area contributed by atoms with Gasteiger partial charge in [0.2, 0.25) is 11.1 Å². The van der Waals surface area contributed by atoms with E-state index < -0.39 is 0 Å². The zero-order valence-corrected chi connectivity index (χ0v) is 16.9. The molecular formula is C17H18N8OS2. The maximum atomic E-state index is 12.3. The van der Waals surface area contributed by atoms with E-state index in [1.807, 2.05) is 38.1 Å². The number of carbonyl (C=O) groups is 1. The van der Waals surface area contributed by atoms with Crippen LogP contribution in [0.1, 0.15) is 11.4 Å². The molecule has 3 N–H and O–H groups in total. The van der Waals surface area contributed by atoms with Crippen LogP contribution in [0, 0.1) is 25.2 Å². The highest BCUT2D eigenvalue weighted by atomic mass is 32.2. The Morgan fingerprint density at radius 1 is 1.29 bits per heavy atom. The second kappa shape index (κ2) is 8.81. The number of benzene rings is 1. The van der Waals surface area contributed by atoms with E-state index in [4.69, 9.17) is 11.1 Å². The molecule has 0 radical (unpaired) electrons. The number of aryl methyl sites for hydroxylation is 2. The van der Waals surface area contributed by atoms with Crippen LogP contribution >= 0.6 is 23.5 Å². The van der Waals surface area contributed by atoms with Crippen molar-refractivity contribution in [3.8, 4) is 12.0 Å². The van der Waals surface area contributed by atoms with Gasteiger partial charge in [-0.15, -0.1) is 22.0 Å². The predicted molar refractivity (Wildman–Crippen MR) is 109 cm³/mol. The maximum absolute atomic E-state index is 12.3. The molecule has 1 aromatic carbocycles. The first-order valence-corrected chi connectivity index (χ1v) is 10.2. The molecule has 0 fully saturated rings. The Bertz CT molecular complexity index is 1040. The molecule has 2 heterocycles. The Labute approximate surface area is 170 Å². The number of rotatable bonds is 7. The summed E-state index contributed by atoms with van der Waals surface area (Å²) in [7, 11) is 0. The van der Waals surface area contributed by atoms with Gasteiger partial charge in [0.25, 0.3) is 5.95 Å². The van der Waals surface area contributed by atoms with Crippen molar-refractivity contribution >= 4 is 35.1 Å². The summed E-state index contributed by atoms with van der Waals surface area (Å²) < 4.78 is 2.92. The molecule has 11 heteroatoms. The van der Waals surface area contributed by atoms with Crippen LogP contribution in [-0.2, 0) is 4.79 Å². The molecule has 9 nitrogen and oxygen atoms in total. The summed E-state index contributed by atoms with van der Waals surface area (Å²) in [6, 6.07) is 11.3. The zero-order valence-electron chi connectivity index (χ0n) is 15.3. The molecule has 0 aliphatic carbocycles. The summed E-state index contributed by atoms with van der Waals surface area (Å²) in [5, 5.41) is 24.5. The first-order chi connectivity index (χ1) is 13.5. The monoisotopic (exact) mass is 414 g/mol. The molecule has 0 saturated heterocycles. The fourth-order valence-corrected chi connectivity index (χ4v) is 3.79. The third kappa shape index (κ3) is 4.47. The highest BCUT2D eigenvalue weighted by Gasteiger charge is 2.16. The van der Waals surface area contributed by atoms with Gasteiger partial charge in [-0.1, -0.05) is 23.9 Å². The van der Waals surface area contributed by atoms with Crippen LogP contribution in [0.4, 0.5) is 5.69 Å². The number of carbonyl (C=O) groups excluding carboxylic acids is 1. The number of nitriles is 1. The number of hydrogen-bond donors (Lipinski definition) is 2. The fraction of sp³-hybridized carbons (Fsp3) is 0.235. The summed E-state index contributed by atoms with van der Waals surface area (Å²) in [5.41, 5.74) is 2.41. The molecule has 0 aliphatic rings. The number of aromatic nitrogens is 5. The molecule has 2 aromatic heterocycles. The van der Waals surface area contributed by atoms with Crippen molar-refractivity contribution in [2.45, 2.75) is 23.9 Å². The molecule has 0 aliphatic heterocycles. The number of nitrogens with one attached hydrogen (secondary N) is 1. The number of thioether (sulfide) groups is 2. The van der Waals surface area contributed by atoms with Gasteiger partial charge in [0.15, 0.2) is 0 Å². The lowest BCUT2D eigenvalue weighted by Crippen LogP contribution is -2.19. The normalized spacial score (nSPS) is 10.6. The Morgan fingerprint density at radius 3 is 2.79 bits per heavy atom. The lowest BCUT2D eigenvalue weighted by atomic mass is 10.3. The summed E-state index contributed by atoms with van der Waals surface area (Å²) in [5.74, 6) is 6.68. The van der Waals surface area contributed by atoms with Crippen LogP contribution in [0.5, 0.6) is 0 Å². The van der Waals surface area contributed by atoms with E-state index in [0.717, 1.165) is 16.3 Å². The first-order valence-electron chi connectivity index (χ1n) is 8.25. The predicted octanol–water partition coefficient (Wildman–Crippen LogP) is 2.14. The lowest BCUT2D eigenvalue weighted by Gasteiger charge is -2.09. The van der Waals surface area contributed by atoms with Crippen LogP contribution in [0.2, 0.25) is 0 Å². The van der Waals surface area contributed by atoms with Gasteiger partial charge in [0.1, 0.15) is 0 Å². The Balaban J connectivity index is 1.65. The molecule has 0 unspecified atom stereocenters. The van der Waals surface area contributed by atoms with Crippen LogP contribution in [0.3, 0.4) is 0 Å². The number of para-hydroxylation sites is 1. The highest BCUT2D eigenvalue weighted by molar-refractivity contribution is 8.00. The highest BCUT2D eigenvalue weighted by Crippen LogP contribution is 2.27. The minimum Gasteiger partial charge on any atom is -0.334 e. The van der Waals surface area contributed by atoms with Gasteiger partial charge in [0, 0.05) is 10.6 Å². The minimum atomic E-state index is -0.203. The molecule has 144 valence electrons. The van der Waals surface area contributed by atoms with Gasteiger partial charge in [0.05, 0.1) is 29.0 Å². The lowest BCUT2D eigenvalue weighted by molar-refractivity contribution is -0.113. The van der Waals surface area contributed by atoms with Crippen molar-refractivity contribution < 1.29 is 4.79 Å². The molecule has 0 atom stereocenters. The van der Waals surface area contributed by atoms with Crippen molar-refractivity contribution in [1.82, 2.24) is 24.7 Å². The number of nitrogen functional groups attached to an aromatic ring is 1. The van der Waals surface area contributed by atoms with Crippen LogP contribution in [0.25, 0.3) is 5.95 Å². The first kappa shape index (κ1) is 19.8. The number of nitrogens with zero attached hydrogens (tertiary/aromatic N) is 6. The summed E-state index contributed by atoms with van der Waals surface area (Å²) >= 11 is 2.55. The van der Waals surface area contributed by atoms with Crippen molar-refractivity contribution in [3.05, 3.63) is 41.7 Å². The maximum Gasteiger partial charge on any atom is 0.271 e. The van der Waals surface area contributed by atoms with E-state index >= 15 is 0 Å². The average molecular weight is 415 g/mol. The van der Waals surface area contributed by atoms with Gasteiger partial charge >= 0.3 is 0 Å². The van der Waals surface area contributed by atoms with Crippen LogP contribution in [0.15, 0.2) is 40.4 Å². The van der Waals surface area contributed by atoms with Crippen molar-refractivity contribution in [2.75, 3.05) is 22.7 Å². The quantitative estimate of drug-likeness (QED) is 0.445. The topological polar surface area (TPSA) is 127 Å². The third-order valence-electron chi connectivity index (χ3n) is 3.63. The van der Waals surface area contributed by atoms with Gasteiger partial charge in [-0.2, -0.15) is 10.4 Å². The summed E-state index contributed by atoms with van der Waals surface area (Å²) in [6.45, 7) is 3.78. The number of amides is 1. The Kier molecular flexibility index (Phi) is 6.23. The van der Waals surface area contributed by atoms with Crippen LogP contribution < -0.4 is 11.2 Å². The zero-order chi connectivity index (χ0) is 20.1. The summed E-state index contributed by atoms with van der Waals surface area (Å²) in [4.78, 5) is 13.2. The Hall–Kier alpha value is -2.97. The molecule has 1 amide bonds. The molecule has 3 aromatic rings. The molecule has 28 heavy (non-hydrogen) atoms. The van der Waals surface area contributed by atoms with E-state index in [-0.39, 0.29) is 11.7 Å². The van der Waals surface area contributed by atoms with E-state index in [9.17, 15) is 4.79 Å². The standard InChI is InChI=1S/C17H18N8OS2/c1-11-9-12(2)25(23-11)16-21-22-17(24(16)19)28-10-15(26)20-13-5-3-4-6-14(13)27-8-7-18/h3-6,9H,8,10,19H2,1-2H3,(H,20,26). The van der Waals surface area contributed by atoms with E-state index in [1.54, 1.807) is 10.7 Å². The van der Waals surface area contributed by atoms with Gasteiger partial charge in [-0.05, 0) is 32.0 Å². The Morgan fingerprint density at radius 2 is 2.07 bits per heavy atom. The van der Waals surface area contributed by atoms with Gasteiger partial charge in [-0.25, -0.2) is 9.36 Å².